The Morgan fingerprint density at radius 2 is 1.85 bits per heavy atom. The van der Waals surface area contributed by atoms with Gasteiger partial charge in [0, 0.05) is 10.7 Å². The van der Waals surface area contributed by atoms with E-state index >= 15 is 0 Å². The molecule has 1 nitrogen and oxygen atoms in total. The highest BCUT2D eigenvalue weighted by Crippen LogP contribution is 2.30. The Morgan fingerprint density at radius 3 is 2.08 bits per heavy atom. The summed E-state index contributed by atoms with van der Waals surface area (Å²) in [5.41, 5.74) is 0. The molecule has 0 aromatic carbocycles. The second-order valence-electron chi connectivity index (χ2n) is 3.78. The molecule has 0 saturated heterocycles. The maximum atomic E-state index is 12.2. The predicted molar refractivity (Wildman–Crippen MR) is 50.1 cm³/mol. The van der Waals surface area contributed by atoms with Crippen LogP contribution in [0.15, 0.2) is 6.20 Å². The lowest BCUT2D eigenvalue weighted by Gasteiger charge is -2.11. The van der Waals surface area contributed by atoms with Crippen molar-refractivity contribution in [3.05, 3.63) is 11.2 Å². The Kier molecular flexibility index (Phi) is 2.55. The summed E-state index contributed by atoms with van der Waals surface area (Å²) in [6.45, 7) is 6.00. The van der Waals surface area contributed by atoms with Gasteiger partial charge in [0.05, 0.1) is 8.07 Å². The van der Waals surface area contributed by atoms with Crippen molar-refractivity contribution in [1.82, 2.24) is 4.98 Å². The first-order valence-electron chi connectivity index (χ1n) is 3.75. The molecule has 13 heavy (non-hydrogen) atoms. The molecule has 0 saturated carbocycles. The van der Waals surface area contributed by atoms with Crippen LogP contribution in [-0.2, 0) is 6.18 Å². The van der Waals surface area contributed by atoms with Crippen molar-refractivity contribution in [3.63, 3.8) is 0 Å². The Balaban J connectivity index is 3.01. The van der Waals surface area contributed by atoms with Crippen LogP contribution in [0.5, 0.6) is 0 Å². The molecule has 1 aromatic rings. The van der Waals surface area contributed by atoms with E-state index in [0.29, 0.717) is 0 Å². The normalized spacial score (nSPS) is 13.4. The fraction of sp³-hybridized carbons (Fsp3) is 0.571. The van der Waals surface area contributed by atoms with Gasteiger partial charge in [0.25, 0.3) is 0 Å². The molecule has 0 aliphatic heterocycles. The zero-order valence-corrected chi connectivity index (χ0v) is 9.38. The van der Waals surface area contributed by atoms with E-state index in [1.165, 1.54) is 6.20 Å². The van der Waals surface area contributed by atoms with Gasteiger partial charge >= 0.3 is 6.18 Å². The molecule has 0 fully saturated rings. The minimum absolute atomic E-state index is 0.732. The fourth-order valence-corrected chi connectivity index (χ4v) is 3.25. The van der Waals surface area contributed by atoms with E-state index in [-0.39, 0.29) is 0 Å². The van der Waals surface area contributed by atoms with Crippen molar-refractivity contribution in [1.29, 1.82) is 0 Å². The van der Waals surface area contributed by atoms with Crippen LogP contribution >= 0.6 is 11.3 Å². The molecule has 1 aromatic heterocycles. The van der Waals surface area contributed by atoms with Gasteiger partial charge in [0.1, 0.15) is 0 Å². The van der Waals surface area contributed by atoms with E-state index in [2.05, 4.69) is 4.98 Å². The fourth-order valence-electron chi connectivity index (χ4n) is 0.752. The quantitative estimate of drug-likeness (QED) is 0.670. The number of halogens is 3. The summed E-state index contributed by atoms with van der Waals surface area (Å²) in [6, 6.07) is 0. The zero-order chi connectivity index (χ0) is 10.3. The average molecular weight is 225 g/mol. The van der Waals surface area contributed by atoms with Crippen LogP contribution in [0, 0.1) is 0 Å². The van der Waals surface area contributed by atoms with Gasteiger partial charge in [-0.05, 0) is 0 Å². The highest BCUT2D eigenvalue weighted by Gasteiger charge is 2.35. The Hall–Kier alpha value is -0.363. The van der Waals surface area contributed by atoms with Crippen LogP contribution in [0.25, 0.3) is 0 Å². The molecule has 0 aliphatic rings. The first-order valence-corrected chi connectivity index (χ1v) is 8.06. The highest BCUT2D eigenvalue weighted by molar-refractivity contribution is 7.26. The molecular weight excluding hydrogens is 215 g/mol. The van der Waals surface area contributed by atoms with Crippen LogP contribution in [0.4, 0.5) is 13.2 Å². The van der Waals surface area contributed by atoms with Gasteiger partial charge in [-0.15, -0.1) is 11.3 Å². The number of hydrogen-bond donors (Lipinski definition) is 0. The number of nitrogens with zero attached hydrogens (tertiary/aromatic N) is 1. The second-order valence-corrected chi connectivity index (χ2v) is 10.2. The Labute approximate surface area is 79.6 Å². The van der Waals surface area contributed by atoms with Gasteiger partial charge in [-0.3, -0.25) is 0 Å². The molecule has 0 bridgehead atoms. The molecule has 1 rings (SSSR count). The van der Waals surface area contributed by atoms with Crippen LogP contribution in [0.2, 0.25) is 19.6 Å². The lowest BCUT2D eigenvalue weighted by molar-refractivity contribution is -0.137. The van der Waals surface area contributed by atoms with E-state index in [0.717, 1.165) is 15.8 Å². The topological polar surface area (TPSA) is 12.9 Å². The van der Waals surface area contributed by atoms with Crippen molar-refractivity contribution in [2.75, 3.05) is 0 Å². The van der Waals surface area contributed by atoms with E-state index in [1.807, 2.05) is 19.6 Å². The maximum absolute atomic E-state index is 12.2. The smallest absolute Gasteiger partial charge is 0.241 e. The number of thiazole rings is 1. The van der Waals surface area contributed by atoms with E-state index < -0.39 is 19.3 Å². The molecular formula is C7H10F3NSSi. The molecule has 0 aliphatic carbocycles. The van der Waals surface area contributed by atoms with Crippen LogP contribution in [0.3, 0.4) is 0 Å². The lowest BCUT2D eigenvalue weighted by atomic mass is 10.7. The van der Waals surface area contributed by atoms with Gasteiger partial charge in [0.15, 0.2) is 5.01 Å². The summed E-state index contributed by atoms with van der Waals surface area (Å²) in [5.74, 6) is 0. The Morgan fingerprint density at radius 1 is 1.31 bits per heavy atom. The Bertz CT molecular complexity index is 271. The van der Waals surface area contributed by atoms with Crippen LogP contribution < -0.4 is 4.50 Å². The van der Waals surface area contributed by atoms with E-state index in [9.17, 15) is 13.2 Å². The third-order valence-electron chi connectivity index (χ3n) is 1.49. The zero-order valence-electron chi connectivity index (χ0n) is 7.57. The number of hydrogen-bond acceptors (Lipinski definition) is 2. The third kappa shape index (κ3) is 2.54. The molecule has 0 N–H and O–H groups in total. The maximum Gasteiger partial charge on any atom is 0.443 e. The molecule has 0 radical (unpaired) electrons. The molecule has 6 heteroatoms. The summed E-state index contributed by atoms with van der Waals surface area (Å²) in [6.07, 6.45) is -2.93. The summed E-state index contributed by atoms with van der Waals surface area (Å²) in [7, 11) is -1.64. The minimum Gasteiger partial charge on any atom is -0.241 e. The van der Waals surface area contributed by atoms with Crippen molar-refractivity contribution in [2.45, 2.75) is 25.8 Å². The first kappa shape index (κ1) is 10.7. The van der Waals surface area contributed by atoms with Gasteiger partial charge in [-0.1, -0.05) is 19.6 Å². The van der Waals surface area contributed by atoms with Crippen LogP contribution in [0.1, 0.15) is 5.01 Å². The molecule has 1 heterocycles. The highest BCUT2D eigenvalue weighted by atomic mass is 32.1. The molecule has 0 amide bonds. The van der Waals surface area contributed by atoms with E-state index in [4.69, 9.17) is 0 Å². The van der Waals surface area contributed by atoms with Gasteiger partial charge < -0.3 is 0 Å². The second kappa shape index (κ2) is 3.09. The molecule has 0 atom stereocenters. The SMILES string of the molecule is C[Si](C)(C)c1cnc(C(F)(F)F)s1. The van der Waals surface area contributed by atoms with Crippen molar-refractivity contribution in [3.8, 4) is 0 Å². The van der Waals surface area contributed by atoms with E-state index in [1.54, 1.807) is 0 Å². The van der Waals surface area contributed by atoms with Crippen molar-refractivity contribution >= 4 is 23.9 Å². The lowest BCUT2D eigenvalue weighted by Crippen LogP contribution is -2.34. The number of aromatic nitrogens is 1. The molecule has 0 spiro atoms. The van der Waals surface area contributed by atoms with Crippen molar-refractivity contribution in [2.24, 2.45) is 0 Å². The molecule has 74 valence electrons. The standard InChI is InChI=1S/C7H10F3NSSi/c1-13(2,3)5-4-11-6(12-5)7(8,9)10/h4H,1-3H3. The summed E-state index contributed by atoms with van der Waals surface area (Å²) >= 11 is 0.772. The van der Waals surface area contributed by atoms with Gasteiger partial charge in [-0.2, -0.15) is 13.2 Å². The summed E-state index contributed by atoms with van der Waals surface area (Å²) in [4.78, 5) is 3.38. The number of rotatable bonds is 1. The largest absolute Gasteiger partial charge is 0.443 e. The number of alkyl halides is 3. The third-order valence-corrected chi connectivity index (χ3v) is 6.09. The predicted octanol–water partition coefficient (Wildman–Crippen LogP) is 2.71. The first-order chi connectivity index (χ1) is 5.71. The minimum atomic E-state index is -4.29. The average Bonchev–Trinajstić information content (AvgIpc) is 2.28. The van der Waals surface area contributed by atoms with Gasteiger partial charge in [0.2, 0.25) is 0 Å². The molecule has 0 unspecified atom stereocenters. The summed E-state index contributed by atoms with van der Waals surface area (Å²) < 4.78 is 37.2. The van der Waals surface area contributed by atoms with Crippen molar-refractivity contribution < 1.29 is 13.2 Å². The van der Waals surface area contributed by atoms with Crippen LogP contribution in [-0.4, -0.2) is 13.1 Å². The monoisotopic (exact) mass is 225 g/mol. The summed E-state index contributed by atoms with van der Waals surface area (Å²) in [5, 5.41) is -0.732. The van der Waals surface area contributed by atoms with Gasteiger partial charge in [-0.25, -0.2) is 4.98 Å².